The molecule has 0 heterocycles. The molecule has 0 saturated carbocycles. The SMILES string of the molecule is CC(CN=O)(CC(=O)c1ccc(N)c(Br)c1)C(F)(F)F. The van der Waals surface area contributed by atoms with Crippen LogP contribution in [0.25, 0.3) is 0 Å². The molecule has 0 aliphatic heterocycles. The van der Waals surface area contributed by atoms with Gasteiger partial charge in [-0.2, -0.15) is 18.1 Å². The van der Waals surface area contributed by atoms with Crippen LogP contribution in [0.1, 0.15) is 23.7 Å². The average Bonchev–Trinajstić information content (AvgIpc) is 2.31. The van der Waals surface area contributed by atoms with Gasteiger partial charge < -0.3 is 5.73 Å². The largest absolute Gasteiger partial charge is 0.398 e. The minimum absolute atomic E-state index is 0.0902. The molecule has 1 aromatic carbocycles. The van der Waals surface area contributed by atoms with Crippen molar-refractivity contribution < 1.29 is 18.0 Å². The Balaban J connectivity index is 3.02. The van der Waals surface area contributed by atoms with Crippen LogP contribution in [-0.4, -0.2) is 18.5 Å². The lowest BCUT2D eigenvalue weighted by Gasteiger charge is -2.28. The molecule has 0 aliphatic rings. The maximum absolute atomic E-state index is 12.9. The van der Waals surface area contributed by atoms with Crippen LogP contribution in [0.4, 0.5) is 18.9 Å². The van der Waals surface area contributed by atoms with Gasteiger partial charge in [-0.05, 0) is 41.1 Å². The molecule has 0 radical (unpaired) electrons. The summed E-state index contributed by atoms with van der Waals surface area (Å²) in [6.07, 6.45) is -5.54. The lowest BCUT2D eigenvalue weighted by atomic mass is 9.83. The maximum atomic E-state index is 12.9. The number of hydrogen-bond donors (Lipinski definition) is 1. The van der Waals surface area contributed by atoms with E-state index in [4.69, 9.17) is 5.73 Å². The number of hydrogen-bond acceptors (Lipinski definition) is 4. The van der Waals surface area contributed by atoms with Gasteiger partial charge in [0, 0.05) is 22.1 Å². The summed E-state index contributed by atoms with van der Waals surface area (Å²) in [4.78, 5) is 22.1. The van der Waals surface area contributed by atoms with Gasteiger partial charge in [-0.25, -0.2) is 0 Å². The monoisotopic (exact) mass is 352 g/mol. The fourth-order valence-corrected chi connectivity index (χ4v) is 1.92. The molecule has 0 spiro atoms. The highest BCUT2D eigenvalue weighted by Gasteiger charge is 2.52. The van der Waals surface area contributed by atoms with Gasteiger partial charge in [0.2, 0.25) is 0 Å². The topological polar surface area (TPSA) is 72.5 Å². The molecular formula is C12H12BrF3N2O2. The number of alkyl halides is 3. The first kappa shape index (κ1) is 16.6. The summed E-state index contributed by atoms with van der Waals surface area (Å²) < 4.78 is 39.2. The number of carbonyl (C=O) groups is 1. The Morgan fingerprint density at radius 1 is 1.40 bits per heavy atom. The van der Waals surface area contributed by atoms with E-state index >= 15 is 0 Å². The Morgan fingerprint density at radius 2 is 2.00 bits per heavy atom. The number of nitroso groups, excluding NO2 is 1. The zero-order valence-corrected chi connectivity index (χ0v) is 12.1. The zero-order valence-electron chi connectivity index (χ0n) is 10.5. The molecule has 0 aromatic heterocycles. The molecule has 8 heteroatoms. The molecule has 1 unspecified atom stereocenters. The second-order valence-electron chi connectivity index (χ2n) is 4.68. The minimum Gasteiger partial charge on any atom is -0.398 e. The second kappa shape index (κ2) is 5.90. The van der Waals surface area contributed by atoms with Gasteiger partial charge in [0.25, 0.3) is 0 Å². The number of carbonyl (C=O) groups excluding carboxylic acids is 1. The second-order valence-corrected chi connectivity index (χ2v) is 5.54. The van der Waals surface area contributed by atoms with E-state index in [1.54, 1.807) is 0 Å². The van der Waals surface area contributed by atoms with E-state index in [0.717, 1.165) is 6.92 Å². The molecule has 0 bridgehead atoms. The summed E-state index contributed by atoms with van der Waals surface area (Å²) >= 11 is 3.10. The molecule has 0 fully saturated rings. The Bertz CT molecular complexity index is 534. The van der Waals surface area contributed by atoms with Crippen LogP contribution in [-0.2, 0) is 0 Å². The Kier molecular flexibility index (Phi) is 4.90. The summed E-state index contributed by atoms with van der Waals surface area (Å²) in [6, 6.07) is 4.11. The number of Topliss-reactive ketones (excluding diaryl/α,β-unsaturated/α-hetero) is 1. The fourth-order valence-electron chi connectivity index (χ4n) is 1.55. The summed E-state index contributed by atoms with van der Waals surface area (Å²) in [5.74, 6) is -0.728. The maximum Gasteiger partial charge on any atom is 0.396 e. The fraction of sp³-hybridized carbons (Fsp3) is 0.417. The first-order chi connectivity index (χ1) is 9.10. The molecule has 1 atom stereocenters. The Hall–Kier alpha value is -1.44. The smallest absolute Gasteiger partial charge is 0.396 e. The predicted octanol–water partition coefficient (Wildman–Crippen LogP) is 3.94. The van der Waals surface area contributed by atoms with Crippen molar-refractivity contribution >= 4 is 27.4 Å². The molecule has 20 heavy (non-hydrogen) atoms. The minimum atomic E-state index is -4.69. The number of nitrogens with zero attached hydrogens (tertiary/aromatic N) is 1. The highest BCUT2D eigenvalue weighted by atomic mass is 79.9. The molecule has 0 saturated heterocycles. The van der Waals surface area contributed by atoms with E-state index in [1.807, 2.05) is 0 Å². The number of halogens is 4. The third-order valence-electron chi connectivity index (χ3n) is 2.97. The van der Waals surface area contributed by atoms with E-state index in [9.17, 15) is 22.9 Å². The molecule has 2 N–H and O–H groups in total. The standard InChI is InChI=1S/C12H12BrF3N2O2/c1-11(6-18-20,12(14,15)16)5-10(19)7-2-3-9(17)8(13)4-7/h2-4H,5-6,17H2,1H3. The third kappa shape index (κ3) is 3.56. The molecule has 0 amide bonds. The van der Waals surface area contributed by atoms with E-state index in [0.29, 0.717) is 10.2 Å². The van der Waals surface area contributed by atoms with Crippen LogP contribution in [0.5, 0.6) is 0 Å². The quantitative estimate of drug-likeness (QED) is 0.495. The number of ketones is 1. The van der Waals surface area contributed by atoms with Crippen molar-refractivity contribution in [3.63, 3.8) is 0 Å². The highest BCUT2D eigenvalue weighted by molar-refractivity contribution is 9.10. The van der Waals surface area contributed by atoms with Crippen LogP contribution in [0.15, 0.2) is 27.8 Å². The predicted molar refractivity (Wildman–Crippen MR) is 72.3 cm³/mol. The van der Waals surface area contributed by atoms with Gasteiger partial charge in [0.05, 0.1) is 12.0 Å². The van der Waals surface area contributed by atoms with Crippen LogP contribution in [0.3, 0.4) is 0 Å². The van der Waals surface area contributed by atoms with Crippen LogP contribution < -0.4 is 5.73 Å². The average molecular weight is 353 g/mol. The van der Waals surface area contributed by atoms with Gasteiger partial charge in [-0.1, -0.05) is 5.18 Å². The van der Waals surface area contributed by atoms with Gasteiger partial charge in [-0.3, -0.25) is 4.79 Å². The van der Waals surface area contributed by atoms with Crippen LogP contribution in [0, 0.1) is 10.3 Å². The molecule has 1 rings (SSSR count). The third-order valence-corrected chi connectivity index (χ3v) is 3.66. The zero-order chi connectivity index (χ0) is 15.6. The summed E-state index contributed by atoms with van der Waals surface area (Å²) in [5, 5.41) is 2.30. The van der Waals surface area contributed by atoms with E-state index in [2.05, 4.69) is 21.1 Å². The van der Waals surface area contributed by atoms with Gasteiger partial charge >= 0.3 is 6.18 Å². The van der Waals surface area contributed by atoms with Crippen LogP contribution >= 0.6 is 15.9 Å². The Labute approximate surface area is 121 Å². The van der Waals surface area contributed by atoms with Crippen molar-refractivity contribution in [1.29, 1.82) is 0 Å². The molecule has 1 aromatic rings. The van der Waals surface area contributed by atoms with Crippen molar-refractivity contribution in [1.82, 2.24) is 0 Å². The van der Waals surface area contributed by atoms with Crippen molar-refractivity contribution in [2.75, 3.05) is 12.3 Å². The molecule has 110 valence electrons. The van der Waals surface area contributed by atoms with Crippen molar-refractivity contribution in [2.24, 2.45) is 10.6 Å². The molecular weight excluding hydrogens is 341 g/mol. The van der Waals surface area contributed by atoms with Gasteiger partial charge in [0.15, 0.2) is 5.78 Å². The summed E-state index contributed by atoms with van der Waals surface area (Å²) in [7, 11) is 0. The van der Waals surface area contributed by atoms with E-state index < -0.39 is 30.3 Å². The highest BCUT2D eigenvalue weighted by Crippen LogP contribution is 2.42. The number of nitrogens with two attached hydrogens (primary N) is 1. The van der Waals surface area contributed by atoms with Crippen LogP contribution in [0.2, 0.25) is 0 Å². The number of anilines is 1. The van der Waals surface area contributed by atoms with Crippen molar-refractivity contribution in [3.8, 4) is 0 Å². The molecule has 0 aliphatic carbocycles. The van der Waals surface area contributed by atoms with Gasteiger partial charge in [0.1, 0.15) is 0 Å². The summed E-state index contributed by atoms with van der Waals surface area (Å²) in [6.45, 7) is -0.197. The lowest BCUT2D eigenvalue weighted by Crippen LogP contribution is -2.39. The first-order valence-electron chi connectivity index (χ1n) is 5.55. The van der Waals surface area contributed by atoms with Crippen molar-refractivity contribution in [2.45, 2.75) is 19.5 Å². The van der Waals surface area contributed by atoms with E-state index in [-0.39, 0.29) is 5.56 Å². The number of benzene rings is 1. The normalized spacial score (nSPS) is 14.7. The summed E-state index contributed by atoms with van der Waals surface area (Å²) in [5.41, 5.74) is 3.53. The first-order valence-corrected chi connectivity index (χ1v) is 6.34. The number of rotatable bonds is 5. The lowest BCUT2D eigenvalue weighted by molar-refractivity contribution is -0.212. The van der Waals surface area contributed by atoms with Crippen molar-refractivity contribution in [3.05, 3.63) is 33.1 Å². The molecule has 4 nitrogen and oxygen atoms in total. The Morgan fingerprint density at radius 3 is 2.45 bits per heavy atom. The van der Waals surface area contributed by atoms with Gasteiger partial charge in [-0.15, -0.1) is 0 Å². The number of nitrogen functional groups attached to an aromatic ring is 1. The van der Waals surface area contributed by atoms with E-state index in [1.165, 1.54) is 18.2 Å².